The lowest BCUT2D eigenvalue weighted by atomic mass is 10.2. The molecule has 22 heavy (non-hydrogen) atoms. The Kier molecular flexibility index (Phi) is 5.19. The number of hydrogen-bond acceptors (Lipinski definition) is 2. The number of pyridine rings is 2. The molecule has 2 heterocycles. The predicted molar refractivity (Wildman–Crippen MR) is 79.9 cm³/mol. The summed E-state index contributed by atoms with van der Waals surface area (Å²) < 4.78 is 3.62. The molecule has 0 unspecified atom stereocenters. The SMILES string of the molecule is C[n+]1cccc(C(=O)NCCNC(=O)c2ccc[n+](C)c2)c1. The molecular weight excluding hydrogens is 280 g/mol. The molecule has 0 spiro atoms. The second-order valence-corrected chi connectivity index (χ2v) is 5.03. The van der Waals surface area contributed by atoms with E-state index in [0.29, 0.717) is 24.2 Å². The molecular formula is C16H20N4O2+2. The van der Waals surface area contributed by atoms with Crippen molar-refractivity contribution in [3.63, 3.8) is 0 Å². The van der Waals surface area contributed by atoms with Gasteiger partial charge in [0.15, 0.2) is 24.8 Å². The van der Waals surface area contributed by atoms with Crippen LogP contribution in [0.3, 0.4) is 0 Å². The maximum absolute atomic E-state index is 11.9. The highest BCUT2D eigenvalue weighted by Crippen LogP contribution is 1.94. The van der Waals surface area contributed by atoms with Crippen LogP contribution in [0.2, 0.25) is 0 Å². The standard InChI is InChI=1S/C16H18N4O2/c1-19-9-3-5-13(11-19)15(21)17-7-8-18-16(22)14-6-4-10-20(2)12-14/h3-6,9-12H,7-8H2,1-2H3/p+2. The molecule has 0 fully saturated rings. The fourth-order valence-corrected chi connectivity index (χ4v) is 2.00. The van der Waals surface area contributed by atoms with E-state index in [1.165, 1.54) is 0 Å². The molecule has 2 rings (SSSR count). The van der Waals surface area contributed by atoms with E-state index in [1.54, 1.807) is 24.5 Å². The topological polar surface area (TPSA) is 66.0 Å². The Morgan fingerprint density at radius 2 is 1.27 bits per heavy atom. The van der Waals surface area contributed by atoms with Gasteiger partial charge in [0.05, 0.1) is 0 Å². The smallest absolute Gasteiger partial charge is 0.257 e. The molecule has 6 nitrogen and oxygen atoms in total. The van der Waals surface area contributed by atoms with Gasteiger partial charge in [0.1, 0.15) is 25.2 Å². The maximum Gasteiger partial charge on any atom is 0.257 e. The molecule has 0 aliphatic carbocycles. The number of carbonyl (C=O) groups excluding carboxylic acids is 2. The third kappa shape index (κ3) is 4.37. The molecule has 0 aliphatic rings. The first kappa shape index (κ1) is 15.6. The number of carbonyl (C=O) groups is 2. The van der Waals surface area contributed by atoms with E-state index in [4.69, 9.17) is 0 Å². The van der Waals surface area contributed by atoms with Crippen LogP contribution in [0.1, 0.15) is 20.7 Å². The van der Waals surface area contributed by atoms with Gasteiger partial charge < -0.3 is 10.6 Å². The van der Waals surface area contributed by atoms with Crippen molar-refractivity contribution in [1.29, 1.82) is 0 Å². The van der Waals surface area contributed by atoms with Crippen molar-refractivity contribution in [3.05, 3.63) is 60.2 Å². The molecule has 2 aromatic heterocycles. The molecule has 6 heteroatoms. The molecule has 0 aliphatic heterocycles. The zero-order chi connectivity index (χ0) is 15.9. The van der Waals surface area contributed by atoms with Crippen LogP contribution >= 0.6 is 0 Å². The van der Waals surface area contributed by atoms with Gasteiger partial charge >= 0.3 is 0 Å². The molecule has 0 atom stereocenters. The number of nitrogens with one attached hydrogen (secondary N) is 2. The minimum Gasteiger partial charge on any atom is -0.350 e. The monoisotopic (exact) mass is 300 g/mol. The second-order valence-electron chi connectivity index (χ2n) is 5.03. The second kappa shape index (κ2) is 7.31. The number of amides is 2. The predicted octanol–water partition coefficient (Wildman–Crippen LogP) is -0.505. The number of aromatic nitrogens is 2. The molecule has 0 aromatic carbocycles. The Hall–Kier alpha value is -2.76. The van der Waals surface area contributed by atoms with Crippen LogP contribution in [-0.4, -0.2) is 24.9 Å². The molecule has 2 N–H and O–H groups in total. The summed E-state index contributed by atoms with van der Waals surface area (Å²) in [6, 6.07) is 7.12. The van der Waals surface area contributed by atoms with Crippen LogP contribution in [0.15, 0.2) is 49.1 Å². The van der Waals surface area contributed by atoms with Gasteiger partial charge in [-0.3, -0.25) is 9.59 Å². The van der Waals surface area contributed by atoms with E-state index in [2.05, 4.69) is 10.6 Å². The summed E-state index contributed by atoms with van der Waals surface area (Å²) in [5.41, 5.74) is 1.18. The van der Waals surface area contributed by atoms with Gasteiger partial charge in [0, 0.05) is 25.2 Å². The normalized spacial score (nSPS) is 10.1. The fourth-order valence-electron chi connectivity index (χ4n) is 2.00. The van der Waals surface area contributed by atoms with E-state index < -0.39 is 0 Å². The minimum atomic E-state index is -0.156. The largest absolute Gasteiger partial charge is 0.350 e. The summed E-state index contributed by atoms with van der Waals surface area (Å²) in [6.07, 6.45) is 7.21. The van der Waals surface area contributed by atoms with Crippen molar-refractivity contribution in [2.75, 3.05) is 13.1 Å². The summed E-state index contributed by atoms with van der Waals surface area (Å²) in [7, 11) is 3.72. The number of rotatable bonds is 5. The van der Waals surface area contributed by atoms with Crippen LogP contribution in [0, 0.1) is 0 Å². The molecule has 2 aromatic rings. The molecule has 2 amide bonds. The maximum atomic E-state index is 11.9. The molecule has 0 saturated carbocycles. The van der Waals surface area contributed by atoms with Crippen molar-refractivity contribution in [2.45, 2.75) is 0 Å². The van der Waals surface area contributed by atoms with Crippen LogP contribution in [0.4, 0.5) is 0 Å². The van der Waals surface area contributed by atoms with E-state index in [-0.39, 0.29) is 11.8 Å². The summed E-state index contributed by atoms with van der Waals surface area (Å²) >= 11 is 0. The first-order chi connectivity index (χ1) is 10.6. The summed E-state index contributed by atoms with van der Waals surface area (Å²) in [5, 5.41) is 5.54. The third-order valence-corrected chi connectivity index (χ3v) is 3.10. The van der Waals surface area contributed by atoms with Gasteiger partial charge in [-0.2, -0.15) is 0 Å². The van der Waals surface area contributed by atoms with Gasteiger partial charge in [-0.05, 0) is 12.1 Å². The lowest BCUT2D eigenvalue weighted by Gasteiger charge is -2.06. The molecule has 0 radical (unpaired) electrons. The number of hydrogen-bond donors (Lipinski definition) is 2. The Labute approximate surface area is 129 Å². The van der Waals surface area contributed by atoms with Gasteiger partial charge in [0.25, 0.3) is 11.8 Å². The lowest BCUT2D eigenvalue weighted by Crippen LogP contribution is -2.37. The summed E-state index contributed by atoms with van der Waals surface area (Å²) in [5.74, 6) is -0.312. The highest BCUT2D eigenvalue weighted by Gasteiger charge is 2.10. The highest BCUT2D eigenvalue weighted by atomic mass is 16.2. The summed E-state index contributed by atoms with van der Waals surface area (Å²) in [4.78, 5) is 23.8. The average Bonchev–Trinajstić information content (AvgIpc) is 2.51. The van der Waals surface area contributed by atoms with E-state index in [1.807, 2.05) is 47.8 Å². The molecule has 114 valence electrons. The first-order valence-electron chi connectivity index (χ1n) is 7.03. The van der Waals surface area contributed by atoms with Crippen LogP contribution in [0.5, 0.6) is 0 Å². The van der Waals surface area contributed by atoms with E-state index in [0.717, 1.165) is 0 Å². The Bertz CT molecular complexity index is 626. The van der Waals surface area contributed by atoms with Gasteiger partial charge in [-0.1, -0.05) is 0 Å². The van der Waals surface area contributed by atoms with Gasteiger partial charge in [-0.15, -0.1) is 0 Å². The lowest BCUT2D eigenvalue weighted by molar-refractivity contribution is -0.671. The van der Waals surface area contributed by atoms with Crippen molar-refractivity contribution in [2.24, 2.45) is 14.1 Å². The zero-order valence-electron chi connectivity index (χ0n) is 12.7. The average molecular weight is 300 g/mol. The molecule has 0 saturated heterocycles. The van der Waals surface area contributed by atoms with E-state index in [9.17, 15) is 9.59 Å². The van der Waals surface area contributed by atoms with Crippen molar-refractivity contribution >= 4 is 11.8 Å². The van der Waals surface area contributed by atoms with Crippen molar-refractivity contribution in [3.8, 4) is 0 Å². The number of nitrogens with zero attached hydrogens (tertiary/aromatic N) is 2. The first-order valence-corrected chi connectivity index (χ1v) is 7.03. The highest BCUT2D eigenvalue weighted by molar-refractivity contribution is 5.94. The third-order valence-electron chi connectivity index (χ3n) is 3.10. The van der Waals surface area contributed by atoms with Crippen molar-refractivity contribution in [1.82, 2.24) is 10.6 Å². The van der Waals surface area contributed by atoms with Gasteiger partial charge in [-0.25, -0.2) is 9.13 Å². The Morgan fingerprint density at radius 3 is 1.64 bits per heavy atom. The van der Waals surface area contributed by atoms with Crippen LogP contribution in [-0.2, 0) is 14.1 Å². The van der Waals surface area contributed by atoms with Crippen LogP contribution in [0.25, 0.3) is 0 Å². The quantitative estimate of drug-likeness (QED) is 0.577. The molecule has 0 bridgehead atoms. The van der Waals surface area contributed by atoms with Crippen molar-refractivity contribution < 1.29 is 18.7 Å². The minimum absolute atomic E-state index is 0.156. The summed E-state index contributed by atoms with van der Waals surface area (Å²) in [6.45, 7) is 0.754. The number of aryl methyl sites for hydroxylation is 2. The van der Waals surface area contributed by atoms with Gasteiger partial charge in [0.2, 0.25) is 0 Å². The Balaban J connectivity index is 1.77. The van der Waals surface area contributed by atoms with Crippen LogP contribution < -0.4 is 19.8 Å². The van der Waals surface area contributed by atoms with E-state index >= 15 is 0 Å². The zero-order valence-corrected chi connectivity index (χ0v) is 12.7. The fraction of sp³-hybridized carbons (Fsp3) is 0.250. The Morgan fingerprint density at radius 1 is 0.864 bits per heavy atom.